The van der Waals surface area contributed by atoms with E-state index in [9.17, 15) is 4.79 Å². The second-order valence-electron chi connectivity index (χ2n) is 9.67. The number of amides is 1. The van der Waals surface area contributed by atoms with Crippen LogP contribution in [0.1, 0.15) is 20.8 Å². The molecule has 9 heteroatoms. The standard InChI is InChI=1S/C27H23N7O2/c1-27(2,3)26(35)30-17-8-16(10-28-11-17)20-4-5-21-24(32-20)25(34-33-21)22-9-18-19(15-6-7-36-14-15)12-29-13-23(18)31-22/h4-14,31H,1-3H3,(H,30,35)(H,33,34). The number of carbonyl (C=O) groups is 1. The van der Waals surface area contributed by atoms with Gasteiger partial charge < -0.3 is 14.7 Å². The summed E-state index contributed by atoms with van der Waals surface area (Å²) in [6, 6.07) is 9.68. The Morgan fingerprint density at radius 3 is 2.64 bits per heavy atom. The van der Waals surface area contributed by atoms with Crippen LogP contribution >= 0.6 is 0 Å². The molecule has 0 spiro atoms. The lowest BCUT2D eigenvalue weighted by atomic mass is 9.95. The second kappa shape index (κ2) is 8.16. The van der Waals surface area contributed by atoms with Crippen LogP contribution in [0.15, 0.2) is 72.1 Å². The number of nitrogens with zero attached hydrogens (tertiary/aromatic N) is 4. The molecule has 0 aliphatic carbocycles. The Bertz CT molecular complexity index is 1720. The molecule has 0 atom stereocenters. The topological polar surface area (TPSA) is 125 Å². The highest BCUT2D eigenvalue weighted by Crippen LogP contribution is 2.34. The van der Waals surface area contributed by atoms with Crippen LogP contribution in [0, 0.1) is 5.41 Å². The van der Waals surface area contributed by atoms with E-state index >= 15 is 0 Å². The van der Waals surface area contributed by atoms with Crippen LogP contribution in [0.5, 0.6) is 0 Å². The number of aromatic nitrogens is 6. The SMILES string of the molecule is CC(C)(C)C(=O)Nc1cncc(-c2ccc3[nH]nc(-c4cc5c(-c6ccoc6)cncc5[nH]4)c3n2)c1. The molecule has 9 nitrogen and oxygen atoms in total. The molecule has 6 heterocycles. The number of aromatic amines is 2. The van der Waals surface area contributed by atoms with Gasteiger partial charge in [0.25, 0.3) is 0 Å². The largest absolute Gasteiger partial charge is 0.472 e. The maximum atomic E-state index is 12.4. The monoisotopic (exact) mass is 477 g/mol. The third-order valence-corrected chi connectivity index (χ3v) is 6.01. The number of hydrogen-bond acceptors (Lipinski definition) is 6. The average molecular weight is 478 g/mol. The second-order valence-corrected chi connectivity index (χ2v) is 9.67. The number of furan rings is 1. The van der Waals surface area contributed by atoms with E-state index in [2.05, 4.69) is 30.5 Å². The van der Waals surface area contributed by atoms with Crippen molar-refractivity contribution in [1.82, 2.24) is 30.1 Å². The van der Waals surface area contributed by atoms with Crippen LogP contribution in [0.2, 0.25) is 0 Å². The minimum Gasteiger partial charge on any atom is -0.472 e. The summed E-state index contributed by atoms with van der Waals surface area (Å²) in [5.74, 6) is -0.0786. The molecule has 0 aliphatic heterocycles. The first-order valence-corrected chi connectivity index (χ1v) is 11.5. The van der Waals surface area contributed by atoms with Crippen LogP contribution in [-0.4, -0.2) is 36.0 Å². The highest BCUT2D eigenvalue weighted by molar-refractivity contribution is 6.00. The van der Waals surface area contributed by atoms with Crippen molar-refractivity contribution in [2.45, 2.75) is 20.8 Å². The molecule has 0 fully saturated rings. The molecule has 36 heavy (non-hydrogen) atoms. The number of anilines is 1. The molecule has 6 aromatic rings. The van der Waals surface area contributed by atoms with E-state index in [1.807, 2.05) is 57.3 Å². The summed E-state index contributed by atoms with van der Waals surface area (Å²) in [5, 5.41) is 11.6. The highest BCUT2D eigenvalue weighted by Gasteiger charge is 2.21. The molecular weight excluding hydrogens is 454 g/mol. The average Bonchev–Trinajstić information content (AvgIpc) is 3.62. The number of rotatable bonds is 4. The van der Waals surface area contributed by atoms with Crippen molar-refractivity contribution in [1.29, 1.82) is 0 Å². The lowest BCUT2D eigenvalue weighted by Gasteiger charge is -2.17. The van der Waals surface area contributed by atoms with Crippen LogP contribution < -0.4 is 5.32 Å². The van der Waals surface area contributed by atoms with Gasteiger partial charge in [-0.1, -0.05) is 20.8 Å². The zero-order valence-electron chi connectivity index (χ0n) is 20.0. The minimum atomic E-state index is -0.508. The van der Waals surface area contributed by atoms with E-state index in [-0.39, 0.29) is 5.91 Å². The predicted molar refractivity (Wildman–Crippen MR) is 138 cm³/mol. The van der Waals surface area contributed by atoms with Gasteiger partial charge in [-0.3, -0.25) is 19.9 Å². The van der Waals surface area contributed by atoms with Gasteiger partial charge in [0.2, 0.25) is 5.91 Å². The predicted octanol–water partition coefficient (Wildman–Crippen LogP) is 5.81. The van der Waals surface area contributed by atoms with Crippen molar-refractivity contribution in [3.63, 3.8) is 0 Å². The van der Waals surface area contributed by atoms with Gasteiger partial charge in [-0.2, -0.15) is 5.10 Å². The summed E-state index contributed by atoms with van der Waals surface area (Å²) in [4.78, 5) is 29.4. The van der Waals surface area contributed by atoms with Gasteiger partial charge in [-0.05, 0) is 30.3 Å². The summed E-state index contributed by atoms with van der Waals surface area (Å²) in [6.07, 6.45) is 10.3. The van der Waals surface area contributed by atoms with Crippen LogP contribution in [-0.2, 0) is 4.79 Å². The maximum absolute atomic E-state index is 12.4. The molecule has 178 valence electrons. The summed E-state index contributed by atoms with van der Waals surface area (Å²) in [6.45, 7) is 5.61. The van der Waals surface area contributed by atoms with Gasteiger partial charge in [0, 0.05) is 39.9 Å². The highest BCUT2D eigenvalue weighted by atomic mass is 16.3. The van der Waals surface area contributed by atoms with Gasteiger partial charge in [0.1, 0.15) is 11.2 Å². The Morgan fingerprint density at radius 2 is 1.83 bits per heavy atom. The van der Waals surface area contributed by atoms with E-state index in [1.165, 1.54) is 0 Å². The molecule has 0 saturated heterocycles. The first-order valence-electron chi connectivity index (χ1n) is 11.5. The maximum Gasteiger partial charge on any atom is 0.229 e. The van der Waals surface area contributed by atoms with E-state index < -0.39 is 5.41 Å². The smallest absolute Gasteiger partial charge is 0.229 e. The number of pyridine rings is 3. The van der Waals surface area contributed by atoms with Crippen LogP contribution in [0.25, 0.3) is 55.7 Å². The molecular formula is C27H23N7O2. The lowest BCUT2D eigenvalue weighted by molar-refractivity contribution is -0.123. The Kier molecular flexibility index (Phi) is 4.92. The molecule has 6 aromatic heterocycles. The fourth-order valence-electron chi connectivity index (χ4n) is 4.04. The van der Waals surface area contributed by atoms with Crippen molar-refractivity contribution in [2.75, 3.05) is 5.32 Å². The molecule has 6 rings (SSSR count). The van der Waals surface area contributed by atoms with Gasteiger partial charge in [-0.15, -0.1) is 0 Å². The Balaban J connectivity index is 1.40. The normalized spacial score (nSPS) is 11.9. The van der Waals surface area contributed by atoms with E-state index in [0.29, 0.717) is 11.4 Å². The minimum absolute atomic E-state index is 0.0786. The zero-order chi connectivity index (χ0) is 24.9. The summed E-state index contributed by atoms with van der Waals surface area (Å²) < 4.78 is 5.26. The van der Waals surface area contributed by atoms with Crippen molar-refractivity contribution >= 4 is 33.5 Å². The van der Waals surface area contributed by atoms with Gasteiger partial charge >= 0.3 is 0 Å². The summed E-state index contributed by atoms with van der Waals surface area (Å²) in [7, 11) is 0. The van der Waals surface area contributed by atoms with Crippen LogP contribution in [0.3, 0.4) is 0 Å². The van der Waals surface area contributed by atoms with E-state index in [4.69, 9.17) is 9.40 Å². The fourth-order valence-corrected chi connectivity index (χ4v) is 4.04. The molecule has 0 bridgehead atoms. The number of carbonyl (C=O) groups excluding carboxylic acids is 1. The van der Waals surface area contributed by atoms with Crippen molar-refractivity contribution in [3.8, 4) is 33.8 Å². The van der Waals surface area contributed by atoms with Crippen molar-refractivity contribution in [3.05, 3.63) is 67.6 Å². The van der Waals surface area contributed by atoms with Crippen LogP contribution in [0.4, 0.5) is 5.69 Å². The number of H-pyrrole nitrogens is 2. The van der Waals surface area contributed by atoms with Gasteiger partial charge in [-0.25, -0.2) is 4.98 Å². The van der Waals surface area contributed by atoms with E-state index in [0.717, 1.165) is 50.0 Å². The molecule has 0 aliphatic rings. The molecule has 0 aromatic carbocycles. The van der Waals surface area contributed by atoms with Gasteiger partial charge in [0.15, 0.2) is 0 Å². The van der Waals surface area contributed by atoms with Crippen molar-refractivity contribution < 1.29 is 9.21 Å². The Labute approximate surface area is 206 Å². The van der Waals surface area contributed by atoms with Crippen molar-refractivity contribution in [2.24, 2.45) is 5.41 Å². The zero-order valence-corrected chi connectivity index (χ0v) is 20.0. The number of nitrogens with one attached hydrogen (secondary N) is 3. The molecule has 3 N–H and O–H groups in total. The molecule has 1 amide bonds. The third kappa shape index (κ3) is 3.80. The summed E-state index contributed by atoms with van der Waals surface area (Å²) >= 11 is 0. The first kappa shape index (κ1) is 21.7. The number of hydrogen-bond donors (Lipinski definition) is 3. The summed E-state index contributed by atoms with van der Waals surface area (Å²) in [5.41, 5.74) is 7.50. The third-order valence-electron chi connectivity index (χ3n) is 6.01. The quantitative estimate of drug-likeness (QED) is 0.294. The Hall–Kier alpha value is -4.79. The Morgan fingerprint density at radius 1 is 0.972 bits per heavy atom. The molecule has 0 saturated carbocycles. The number of fused-ring (bicyclic) bond motifs is 2. The fraction of sp³-hybridized carbons (Fsp3) is 0.148. The lowest BCUT2D eigenvalue weighted by Crippen LogP contribution is -2.27. The molecule has 0 radical (unpaired) electrons. The van der Waals surface area contributed by atoms with E-state index in [1.54, 1.807) is 31.1 Å². The first-order chi connectivity index (χ1) is 17.4. The molecule has 0 unspecified atom stereocenters. The van der Waals surface area contributed by atoms with Gasteiger partial charge in [0.05, 0.1) is 53.0 Å².